The zero-order chi connectivity index (χ0) is 21.9. The summed E-state index contributed by atoms with van der Waals surface area (Å²) in [5.41, 5.74) is 0.850. The molecule has 0 aliphatic rings. The predicted octanol–water partition coefficient (Wildman–Crippen LogP) is 4.86. The van der Waals surface area contributed by atoms with Gasteiger partial charge in [-0.05, 0) is 61.2 Å². The van der Waals surface area contributed by atoms with E-state index in [1.54, 1.807) is 24.3 Å². The van der Waals surface area contributed by atoms with E-state index in [1.165, 1.54) is 19.4 Å². The Morgan fingerprint density at radius 1 is 0.967 bits per heavy atom. The summed E-state index contributed by atoms with van der Waals surface area (Å²) in [5, 5.41) is 13.1. The van der Waals surface area contributed by atoms with E-state index in [-0.39, 0.29) is 12.0 Å². The van der Waals surface area contributed by atoms with Gasteiger partial charge in [0.1, 0.15) is 11.5 Å². The lowest BCUT2D eigenvalue weighted by atomic mass is 9.87. The molecule has 0 amide bonds. The number of hydrogen-bond donors (Lipinski definition) is 1. The second-order valence-electron chi connectivity index (χ2n) is 8.52. The minimum Gasteiger partial charge on any atom is -0.485 e. The maximum atomic E-state index is 11.1. The van der Waals surface area contributed by atoms with E-state index < -0.39 is 11.6 Å². The molecule has 0 atom stereocenters. The van der Waals surface area contributed by atoms with Crippen LogP contribution >= 0.6 is 0 Å². The fourth-order valence-corrected chi connectivity index (χ4v) is 2.63. The summed E-state index contributed by atoms with van der Waals surface area (Å²) in [6.45, 7) is 9.61. The normalized spacial score (nSPS) is 11.9. The van der Waals surface area contributed by atoms with E-state index in [0.717, 1.165) is 5.56 Å². The van der Waals surface area contributed by atoms with Crippen LogP contribution in [0.25, 0.3) is 11.5 Å². The Morgan fingerprint density at radius 2 is 1.57 bits per heavy atom. The van der Waals surface area contributed by atoms with Gasteiger partial charge in [-0.1, -0.05) is 38.1 Å². The average Bonchev–Trinajstić information content (AvgIpc) is 3.15. The number of hydrogen-bond acceptors (Lipinski definition) is 6. The fourth-order valence-electron chi connectivity index (χ4n) is 2.63. The lowest BCUT2D eigenvalue weighted by Gasteiger charge is -2.21. The average molecular weight is 410 g/mol. The van der Waals surface area contributed by atoms with Crippen LogP contribution in [0.3, 0.4) is 0 Å². The highest BCUT2D eigenvalue weighted by Gasteiger charge is 2.29. The number of aromatic nitrogens is 2. The van der Waals surface area contributed by atoms with Gasteiger partial charge in [0.2, 0.25) is 5.82 Å². The van der Waals surface area contributed by atoms with Crippen molar-refractivity contribution in [2.45, 2.75) is 52.2 Å². The SMILES string of the molecule is CC(C)(Oc1ccc(OCc2noc(-c3ccc(C(C)(C)C)cc3)n2)cc1)C(=O)O. The van der Waals surface area contributed by atoms with Gasteiger partial charge in [-0.25, -0.2) is 4.79 Å². The number of benzene rings is 2. The third-order valence-corrected chi connectivity index (χ3v) is 4.55. The van der Waals surface area contributed by atoms with Crippen LogP contribution in [0, 0.1) is 0 Å². The number of nitrogens with zero attached hydrogens (tertiary/aromatic N) is 2. The van der Waals surface area contributed by atoms with Crippen LogP contribution in [-0.4, -0.2) is 26.8 Å². The summed E-state index contributed by atoms with van der Waals surface area (Å²) in [6.07, 6.45) is 0. The Labute approximate surface area is 175 Å². The highest BCUT2D eigenvalue weighted by Crippen LogP contribution is 2.26. The van der Waals surface area contributed by atoms with Gasteiger partial charge in [0.05, 0.1) is 0 Å². The van der Waals surface area contributed by atoms with Crippen LogP contribution in [0.4, 0.5) is 0 Å². The number of carbonyl (C=O) groups is 1. The summed E-state index contributed by atoms with van der Waals surface area (Å²) in [4.78, 5) is 15.5. The molecule has 3 aromatic rings. The van der Waals surface area contributed by atoms with Crippen LogP contribution in [0.15, 0.2) is 53.1 Å². The molecular weight excluding hydrogens is 384 g/mol. The molecule has 0 saturated heterocycles. The topological polar surface area (TPSA) is 94.7 Å². The second-order valence-corrected chi connectivity index (χ2v) is 8.52. The maximum Gasteiger partial charge on any atom is 0.347 e. The number of rotatable bonds is 7. The molecule has 30 heavy (non-hydrogen) atoms. The molecule has 3 rings (SSSR count). The van der Waals surface area contributed by atoms with Gasteiger partial charge in [0, 0.05) is 5.56 Å². The highest BCUT2D eigenvalue weighted by atomic mass is 16.5. The van der Waals surface area contributed by atoms with Crippen molar-refractivity contribution >= 4 is 5.97 Å². The van der Waals surface area contributed by atoms with Crippen LogP contribution in [-0.2, 0) is 16.8 Å². The summed E-state index contributed by atoms with van der Waals surface area (Å²) < 4.78 is 16.5. The van der Waals surface area contributed by atoms with Crippen molar-refractivity contribution in [3.05, 3.63) is 59.9 Å². The molecule has 2 aromatic carbocycles. The van der Waals surface area contributed by atoms with Crippen molar-refractivity contribution in [2.75, 3.05) is 0 Å². The molecule has 0 bridgehead atoms. The molecular formula is C23H26N2O5. The monoisotopic (exact) mass is 410 g/mol. The van der Waals surface area contributed by atoms with Crippen molar-refractivity contribution in [1.29, 1.82) is 0 Å². The largest absolute Gasteiger partial charge is 0.485 e. The lowest BCUT2D eigenvalue weighted by Crippen LogP contribution is -2.37. The van der Waals surface area contributed by atoms with Crippen LogP contribution in [0.2, 0.25) is 0 Å². The summed E-state index contributed by atoms with van der Waals surface area (Å²) in [7, 11) is 0. The van der Waals surface area contributed by atoms with Crippen molar-refractivity contribution < 1.29 is 23.9 Å². The van der Waals surface area contributed by atoms with Gasteiger partial charge < -0.3 is 19.1 Å². The zero-order valence-corrected chi connectivity index (χ0v) is 17.8. The first-order valence-corrected chi connectivity index (χ1v) is 9.63. The van der Waals surface area contributed by atoms with Crippen LogP contribution in [0.1, 0.15) is 46.0 Å². The van der Waals surface area contributed by atoms with E-state index >= 15 is 0 Å². The number of aliphatic carboxylic acids is 1. The van der Waals surface area contributed by atoms with Crippen molar-refractivity contribution in [2.24, 2.45) is 0 Å². The molecule has 0 fully saturated rings. The van der Waals surface area contributed by atoms with Gasteiger partial charge in [-0.2, -0.15) is 4.98 Å². The smallest absolute Gasteiger partial charge is 0.347 e. The van der Waals surface area contributed by atoms with Gasteiger partial charge >= 0.3 is 5.97 Å². The number of ether oxygens (including phenoxy) is 2. The Bertz CT molecular complexity index is 999. The van der Waals surface area contributed by atoms with E-state index in [0.29, 0.717) is 23.2 Å². The van der Waals surface area contributed by atoms with Crippen molar-refractivity contribution in [3.63, 3.8) is 0 Å². The number of carboxylic acids is 1. The maximum absolute atomic E-state index is 11.1. The lowest BCUT2D eigenvalue weighted by molar-refractivity contribution is -0.152. The standard InChI is InChI=1S/C23H26N2O5/c1-22(2,3)16-8-6-15(7-9-16)20-24-19(25-30-20)14-28-17-10-12-18(13-11-17)29-23(4,5)21(26)27/h6-13H,14H2,1-5H3,(H,26,27). The molecule has 1 N–H and O–H groups in total. The Balaban J connectivity index is 1.60. The summed E-state index contributed by atoms with van der Waals surface area (Å²) >= 11 is 0. The van der Waals surface area contributed by atoms with E-state index in [4.69, 9.17) is 19.1 Å². The third-order valence-electron chi connectivity index (χ3n) is 4.55. The van der Waals surface area contributed by atoms with Gasteiger partial charge in [-0.3, -0.25) is 0 Å². The van der Waals surface area contributed by atoms with E-state index in [2.05, 4.69) is 43.0 Å². The van der Waals surface area contributed by atoms with Gasteiger partial charge in [-0.15, -0.1) is 0 Å². The quantitative estimate of drug-likeness (QED) is 0.594. The molecule has 7 nitrogen and oxygen atoms in total. The fraction of sp³-hybridized carbons (Fsp3) is 0.348. The molecule has 1 heterocycles. The molecule has 158 valence electrons. The van der Waals surface area contributed by atoms with Gasteiger partial charge in [0.25, 0.3) is 5.89 Å². The van der Waals surface area contributed by atoms with E-state index in [9.17, 15) is 4.79 Å². The Morgan fingerprint density at radius 3 is 2.13 bits per heavy atom. The van der Waals surface area contributed by atoms with Crippen LogP contribution in [0.5, 0.6) is 11.5 Å². The minimum atomic E-state index is -1.31. The third kappa shape index (κ3) is 5.17. The molecule has 0 aliphatic heterocycles. The first kappa shape index (κ1) is 21.4. The second kappa shape index (κ2) is 8.18. The Kier molecular flexibility index (Phi) is 5.82. The molecule has 1 aromatic heterocycles. The Hall–Kier alpha value is -3.35. The number of carboxylic acid groups (broad SMARTS) is 1. The summed E-state index contributed by atoms with van der Waals surface area (Å²) in [6, 6.07) is 14.7. The minimum absolute atomic E-state index is 0.0797. The zero-order valence-electron chi connectivity index (χ0n) is 17.8. The molecule has 0 unspecified atom stereocenters. The molecule has 0 radical (unpaired) electrons. The first-order chi connectivity index (χ1) is 14.0. The summed E-state index contributed by atoms with van der Waals surface area (Å²) in [5.74, 6) is 0.849. The molecule has 0 aliphatic carbocycles. The highest BCUT2D eigenvalue weighted by molar-refractivity contribution is 5.76. The first-order valence-electron chi connectivity index (χ1n) is 9.63. The van der Waals surface area contributed by atoms with Gasteiger partial charge in [0.15, 0.2) is 12.2 Å². The van der Waals surface area contributed by atoms with Crippen molar-refractivity contribution in [3.8, 4) is 23.0 Å². The molecule has 0 spiro atoms. The van der Waals surface area contributed by atoms with Crippen LogP contribution < -0.4 is 9.47 Å². The molecule has 7 heteroatoms. The predicted molar refractivity (Wildman–Crippen MR) is 112 cm³/mol. The van der Waals surface area contributed by atoms with E-state index in [1.807, 2.05) is 12.1 Å². The molecule has 0 saturated carbocycles. The van der Waals surface area contributed by atoms with Crippen molar-refractivity contribution in [1.82, 2.24) is 10.1 Å².